The van der Waals surface area contributed by atoms with Gasteiger partial charge >= 0.3 is 0 Å². The van der Waals surface area contributed by atoms with Gasteiger partial charge in [-0.3, -0.25) is 19.5 Å². The molecule has 6 heteroatoms. The minimum Gasteiger partial charge on any atom is -0.387 e. The van der Waals surface area contributed by atoms with Gasteiger partial charge in [0.15, 0.2) is 0 Å². The highest BCUT2D eigenvalue weighted by atomic mass is 35.5. The van der Waals surface area contributed by atoms with Gasteiger partial charge in [-0.2, -0.15) is 0 Å². The van der Waals surface area contributed by atoms with Gasteiger partial charge in [0.2, 0.25) is 11.8 Å². The molecular weight excluding hydrogens is 304 g/mol. The zero-order valence-electron chi connectivity index (χ0n) is 11.8. The third-order valence-corrected chi connectivity index (χ3v) is 4.20. The van der Waals surface area contributed by atoms with Gasteiger partial charge in [-0.25, -0.2) is 0 Å². The predicted molar refractivity (Wildman–Crippen MR) is 82.3 cm³/mol. The molecule has 1 aromatic heterocycles. The number of rotatable bonds is 4. The number of hydrogen-bond donors (Lipinski definition) is 1. The first-order chi connectivity index (χ1) is 10.6. The number of fused-ring (bicyclic) bond motifs is 1. The van der Waals surface area contributed by atoms with Crippen LogP contribution in [0.3, 0.4) is 0 Å². The van der Waals surface area contributed by atoms with Gasteiger partial charge in [-0.05, 0) is 23.8 Å². The lowest BCUT2D eigenvalue weighted by molar-refractivity contribution is -0.138. The van der Waals surface area contributed by atoms with Crippen LogP contribution in [0.5, 0.6) is 0 Å². The molecule has 0 bridgehead atoms. The fourth-order valence-electron chi connectivity index (χ4n) is 2.59. The van der Waals surface area contributed by atoms with Crippen molar-refractivity contribution in [1.29, 1.82) is 0 Å². The molecule has 1 saturated heterocycles. The van der Waals surface area contributed by atoms with Crippen molar-refractivity contribution in [3.8, 4) is 0 Å². The lowest BCUT2D eigenvalue weighted by Gasteiger charge is -2.22. The quantitative estimate of drug-likeness (QED) is 0.691. The molecule has 1 N–H and O–H groups in total. The van der Waals surface area contributed by atoms with E-state index in [2.05, 4.69) is 4.98 Å². The van der Waals surface area contributed by atoms with Crippen molar-refractivity contribution in [2.45, 2.75) is 24.3 Å². The second-order valence-corrected chi connectivity index (χ2v) is 5.88. The van der Waals surface area contributed by atoms with Crippen LogP contribution in [0.1, 0.15) is 24.5 Å². The number of amides is 2. The number of aliphatic hydroxyl groups is 1. The SMILES string of the molecule is O=C1CCC(=O)N1CC(Cl)C(O)c1ccc2ncccc2c1. The van der Waals surface area contributed by atoms with E-state index in [-0.39, 0.29) is 31.2 Å². The zero-order chi connectivity index (χ0) is 15.7. The second kappa shape index (κ2) is 6.02. The summed E-state index contributed by atoms with van der Waals surface area (Å²) < 4.78 is 0. The molecule has 2 atom stereocenters. The van der Waals surface area contributed by atoms with Crippen LogP contribution < -0.4 is 0 Å². The number of nitrogens with zero attached hydrogens (tertiary/aromatic N) is 2. The first-order valence-electron chi connectivity index (χ1n) is 7.06. The summed E-state index contributed by atoms with van der Waals surface area (Å²) >= 11 is 6.22. The number of carbonyl (C=O) groups is 2. The van der Waals surface area contributed by atoms with Crippen LogP contribution >= 0.6 is 11.6 Å². The van der Waals surface area contributed by atoms with Crippen LogP contribution in [-0.2, 0) is 9.59 Å². The summed E-state index contributed by atoms with van der Waals surface area (Å²) in [7, 11) is 0. The number of pyridine rings is 1. The Balaban J connectivity index is 1.77. The van der Waals surface area contributed by atoms with Gasteiger partial charge in [0.1, 0.15) is 0 Å². The summed E-state index contributed by atoms with van der Waals surface area (Å²) in [4.78, 5) is 28.6. The first-order valence-corrected chi connectivity index (χ1v) is 7.50. The van der Waals surface area contributed by atoms with Crippen molar-refractivity contribution in [2.24, 2.45) is 0 Å². The molecule has 1 aliphatic heterocycles. The third-order valence-electron chi connectivity index (χ3n) is 3.82. The summed E-state index contributed by atoms with van der Waals surface area (Å²) in [5.41, 5.74) is 1.47. The maximum atomic E-state index is 11.6. The molecule has 2 amide bonds. The van der Waals surface area contributed by atoms with E-state index < -0.39 is 11.5 Å². The molecule has 1 fully saturated rings. The molecule has 114 valence electrons. The van der Waals surface area contributed by atoms with Crippen molar-refractivity contribution in [3.63, 3.8) is 0 Å². The van der Waals surface area contributed by atoms with E-state index in [9.17, 15) is 14.7 Å². The van der Waals surface area contributed by atoms with E-state index in [4.69, 9.17) is 11.6 Å². The number of benzene rings is 1. The predicted octanol–water partition coefficient (Wildman–Crippen LogP) is 2.02. The van der Waals surface area contributed by atoms with E-state index >= 15 is 0 Å². The van der Waals surface area contributed by atoms with Gasteiger partial charge in [-0.1, -0.05) is 12.1 Å². The Morgan fingerprint density at radius 2 is 1.95 bits per heavy atom. The van der Waals surface area contributed by atoms with E-state index in [1.165, 1.54) is 0 Å². The molecule has 3 rings (SSSR count). The van der Waals surface area contributed by atoms with Crippen LogP contribution in [-0.4, -0.2) is 38.7 Å². The summed E-state index contributed by atoms with van der Waals surface area (Å²) in [6.45, 7) is 0.0193. The second-order valence-electron chi connectivity index (χ2n) is 5.31. The largest absolute Gasteiger partial charge is 0.387 e. The van der Waals surface area contributed by atoms with Crippen molar-refractivity contribution in [1.82, 2.24) is 9.88 Å². The topological polar surface area (TPSA) is 70.5 Å². The molecule has 0 aliphatic carbocycles. The van der Waals surface area contributed by atoms with Crippen molar-refractivity contribution in [2.75, 3.05) is 6.54 Å². The maximum Gasteiger partial charge on any atom is 0.229 e. The number of carbonyl (C=O) groups excluding carboxylic acids is 2. The van der Waals surface area contributed by atoms with Crippen LogP contribution in [0.2, 0.25) is 0 Å². The summed E-state index contributed by atoms with van der Waals surface area (Å²) in [5.74, 6) is -0.462. The standard InChI is InChI=1S/C16H15ClN2O3/c17-12(9-19-14(20)5-6-15(19)21)16(22)11-3-4-13-10(8-11)2-1-7-18-13/h1-4,7-8,12,16,22H,5-6,9H2. The normalized spacial score (nSPS) is 18.0. The minimum absolute atomic E-state index is 0.0193. The monoisotopic (exact) mass is 318 g/mol. The number of alkyl halides is 1. The summed E-state index contributed by atoms with van der Waals surface area (Å²) in [6, 6.07) is 9.09. The Labute approximate surface area is 132 Å². The fraction of sp³-hybridized carbons (Fsp3) is 0.312. The van der Waals surface area contributed by atoms with E-state index in [0.29, 0.717) is 5.56 Å². The molecule has 0 radical (unpaired) electrons. The van der Waals surface area contributed by atoms with Crippen LogP contribution in [0, 0.1) is 0 Å². The van der Waals surface area contributed by atoms with E-state index in [1.54, 1.807) is 12.3 Å². The summed E-state index contributed by atoms with van der Waals surface area (Å²) in [5, 5.41) is 10.5. The first kappa shape index (κ1) is 14.9. The Bertz CT molecular complexity index is 718. The average Bonchev–Trinajstić information content (AvgIpc) is 2.85. The van der Waals surface area contributed by atoms with Gasteiger partial charge in [0.05, 0.1) is 17.0 Å². The Hall–Kier alpha value is -1.98. The molecule has 2 heterocycles. The van der Waals surface area contributed by atoms with Gasteiger partial charge in [-0.15, -0.1) is 11.6 Å². The number of hydrogen-bond acceptors (Lipinski definition) is 4. The number of aliphatic hydroxyl groups excluding tert-OH is 1. The number of imide groups is 1. The Kier molecular flexibility index (Phi) is 4.09. The van der Waals surface area contributed by atoms with E-state index in [1.807, 2.05) is 24.3 Å². The maximum absolute atomic E-state index is 11.6. The molecule has 2 aromatic rings. The van der Waals surface area contributed by atoms with Crippen molar-refractivity contribution >= 4 is 34.3 Å². The molecule has 2 unspecified atom stereocenters. The van der Waals surface area contributed by atoms with Crippen molar-refractivity contribution in [3.05, 3.63) is 42.1 Å². The lowest BCUT2D eigenvalue weighted by atomic mass is 10.0. The Morgan fingerprint density at radius 1 is 1.23 bits per heavy atom. The van der Waals surface area contributed by atoms with E-state index in [0.717, 1.165) is 15.8 Å². The number of aromatic nitrogens is 1. The number of halogens is 1. The average molecular weight is 319 g/mol. The van der Waals surface area contributed by atoms with Crippen molar-refractivity contribution < 1.29 is 14.7 Å². The molecule has 0 spiro atoms. The number of likely N-dealkylation sites (tertiary alicyclic amines) is 1. The molecular formula is C16H15ClN2O3. The summed E-state index contributed by atoms with van der Waals surface area (Å²) in [6.07, 6.45) is 1.18. The fourth-order valence-corrected chi connectivity index (χ4v) is 2.87. The molecule has 5 nitrogen and oxygen atoms in total. The van der Waals surface area contributed by atoms with Gasteiger partial charge in [0, 0.05) is 31.0 Å². The highest BCUT2D eigenvalue weighted by Gasteiger charge is 2.32. The zero-order valence-corrected chi connectivity index (χ0v) is 12.5. The molecule has 1 aromatic carbocycles. The lowest BCUT2D eigenvalue weighted by Crippen LogP contribution is -2.36. The third kappa shape index (κ3) is 2.82. The highest BCUT2D eigenvalue weighted by Crippen LogP contribution is 2.26. The van der Waals surface area contributed by atoms with Gasteiger partial charge in [0.25, 0.3) is 0 Å². The molecule has 0 saturated carbocycles. The smallest absolute Gasteiger partial charge is 0.229 e. The Morgan fingerprint density at radius 3 is 2.68 bits per heavy atom. The van der Waals surface area contributed by atoms with Gasteiger partial charge < -0.3 is 5.11 Å². The van der Waals surface area contributed by atoms with Crippen LogP contribution in [0.15, 0.2) is 36.5 Å². The molecule has 22 heavy (non-hydrogen) atoms. The van der Waals surface area contributed by atoms with Crippen LogP contribution in [0.4, 0.5) is 0 Å². The van der Waals surface area contributed by atoms with Crippen LogP contribution in [0.25, 0.3) is 10.9 Å². The minimum atomic E-state index is -0.965. The molecule has 1 aliphatic rings. The highest BCUT2D eigenvalue weighted by molar-refractivity contribution is 6.21.